The first-order valence-electron chi connectivity index (χ1n) is 9.47. The highest BCUT2D eigenvalue weighted by Gasteiger charge is 2.39. The summed E-state index contributed by atoms with van der Waals surface area (Å²) in [6.45, 7) is 13.2. The molecule has 1 aromatic carbocycles. The Hall–Kier alpha value is -1.75. The molecule has 0 spiro atoms. The van der Waals surface area contributed by atoms with Gasteiger partial charge in [0, 0.05) is 18.8 Å². The van der Waals surface area contributed by atoms with E-state index in [4.69, 9.17) is 18.3 Å². The van der Waals surface area contributed by atoms with Gasteiger partial charge in [-0.05, 0) is 51.3 Å². The average molecular weight is 425 g/mol. The zero-order valence-electron chi connectivity index (χ0n) is 17.7. The Balaban J connectivity index is 2.60. The highest BCUT2D eigenvalue weighted by Crippen LogP contribution is 2.20. The van der Waals surface area contributed by atoms with Crippen LogP contribution in [0.2, 0.25) is 32.7 Å². The van der Waals surface area contributed by atoms with Crippen molar-refractivity contribution in [1.82, 2.24) is 0 Å². The Kier molecular flexibility index (Phi) is 9.81. The van der Waals surface area contributed by atoms with Gasteiger partial charge in [0.15, 0.2) is 8.32 Å². The number of para-hydroxylation sites is 1. The summed E-state index contributed by atoms with van der Waals surface area (Å²) >= 11 is 0. The highest BCUT2D eigenvalue weighted by molar-refractivity contribution is 6.84. The molecule has 1 unspecified atom stereocenters. The minimum atomic E-state index is -2.22. The second kappa shape index (κ2) is 11.3. The van der Waals surface area contributed by atoms with Gasteiger partial charge in [-0.15, -0.1) is 0 Å². The molecule has 0 heterocycles. The lowest BCUT2D eigenvalue weighted by Gasteiger charge is -2.37. The Morgan fingerprint density at radius 1 is 1.00 bits per heavy atom. The third-order valence-corrected chi connectivity index (χ3v) is 10.00. The van der Waals surface area contributed by atoms with E-state index in [9.17, 15) is 9.59 Å². The van der Waals surface area contributed by atoms with E-state index in [-0.39, 0.29) is 12.3 Å². The van der Waals surface area contributed by atoms with Gasteiger partial charge in [-0.25, -0.2) is 9.59 Å². The molecule has 0 aromatic heterocycles. The second-order valence-electron chi connectivity index (χ2n) is 7.87. The summed E-state index contributed by atoms with van der Waals surface area (Å²) in [6, 6.07) is 8.64. The number of ether oxygens (including phenoxy) is 3. The van der Waals surface area contributed by atoms with E-state index >= 15 is 0 Å². The minimum Gasteiger partial charge on any atom is -0.460 e. The quantitative estimate of drug-likeness (QED) is 0.231. The molecule has 156 valence electrons. The van der Waals surface area contributed by atoms with Crippen LogP contribution in [0.4, 0.5) is 0 Å². The molecule has 0 saturated heterocycles. The van der Waals surface area contributed by atoms with Gasteiger partial charge in [0.05, 0.1) is 0 Å². The van der Waals surface area contributed by atoms with Crippen LogP contribution < -0.4 is 4.74 Å². The van der Waals surface area contributed by atoms with Crippen molar-refractivity contribution in [2.45, 2.75) is 51.8 Å². The smallest absolute Gasteiger partial charge is 0.336 e. The van der Waals surface area contributed by atoms with Crippen LogP contribution in [0, 0.1) is 0 Å². The normalized spacial score (nSPS) is 13.4. The number of hydrogen-bond donors (Lipinski definition) is 0. The number of carbonyl (C=O) groups is 2. The Morgan fingerprint density at radius 3 is 2.18 bits per heavy atom. The first-order valence-corrected chi connectivity index (χ1v) is 15.9. The maximum absolute atomic E-state index is 12.0. The molecule has 0 amide bonds. The monoisotopic (exact) mass is 424 g/mol. The van der Waals surface area contributed by atoms with E-state index in [0.717, 1.165) is 18.6 Å². The molecule has 28 heavy (non-hydrogen) atoms. The van der Waals surface area contributed by atoms with E-state index in [0.29, 0.717) is 12.4 Å². The van der Waals surface area contributed by atoms with Crippen LogP contribution in [-0.4, -0.2) is 47.5 Å². The van der Waals surface area contributed by atoms with Gasteiger partial charge in [-0.1, -0.05) is 25.1 Å². The third kappa shape index (κ3) is 9.98. The number of benzene rings is 1. The first-order chi connectivity index (χ1) is 13.0. The van der Waals surface area contributed by atoms with E-state index in [1.807, 2.05) is 13.0 Å². The van der Waals surface area contributed by atoms with E-state index in [1.165, 1.54) is 0 Å². The summed E-state index contributed by atoms with van der Waals surface area (Å²) in [6.07, 6.45) is 2.99. The van der Waals surface area contributed by atoms with Crippen LogP contribution in [0.15, 0.2) is 42.5 Å². The zero-order chi connectivity index (χ0) is 21.2. The molecule has 0 aliphatic carbocycles. The zero-order valence-corrected chi connectivity index (χ0v) is 19.7. The molecule has 0 bridgehead atoms. The van der Waals surface area contributed by atoms with E-state index in [2.05, 4.69) is 32.7 Å². The van der Waals surface area contributed by atoms with Crippen molar-refractivity contribution in [3.63, 3.8) is 0 Å². The van der Waals surface area contributed by atoms with Crippen LogP contribution in [0.25, 0.3) is 0 Å². The number of carbonyl (C=O) groups excluding carboxylic acids is 2. The molecule has 0 saturated carbocycles. The predicted octanol–water partition coefficient (Wildman–Crippen LogP) is 4.08. The number of hydrogen-bond acceptors (Lipinski definition) is 6. The molecule has 6 nitrogen and oxygen atoms in total. The largest absolute Gasteiger partial charge is 0.460 e. The van der Waals surface area contributed by atoms with Crippen LogP contribution >= 0.6 is 0 Å². The third-order valence-electron chi connectivity index (χ3n) is 3.56. The van der Waals surface area contributed by atoms with E-state index in [1.54, 1.807) is 24.3 Å². The fourth-order valence-corrected chi connectivity index (χ4v) is 10.4. The fraction of sp³-hybridized carbons (Fsp3) is 0.500. The lowest BCUT2D eigenvalue weighted by molar-refractivity contribution is -0.141. The summed E-state index contributed by atoms with van der Waals surface area (Å²) in [7, 11) is -3.97. The predicted molar refractivity (Wildman–Crippen MR) is 114 cm³/mol. The summed E-state index contributed by atoms with van der Waals surface area (Å²) < 4.78 is 22.7. The van der Waals surface area contributed by atoms with Crippen molar-refractivity contribution in [3.05, 3.63) is 42.5 Å². The van der Waals surface area contributed by atoms with Crippen molar-refractivity contribution in [3.8, 4) is 5.75 Å². The number of rotatable bonds is 11. The van der Waals surface area contributed by atoms with Crippen LogP contribution in [0.3, 0.4) is 0 Å². The molecule has 0 radical (unpaired) electrons. The van der Waals surface area contributed by atoms with Gasteiger partial charge in [0.2, 0.25) is 8.32 Å². The SMILES string of the molecule is CCCOC(COC(=O)C=CC(=O)Oc1ccccc1)[Si](C)(C)O[Si](C)(C)C. The summed E-state index contributed by atoms with van der Waals surface area (Å²) in [5.74, 6) is -0.846. The molecule has 1 atom stereocenters. The van der Waals surface area contributed by atoms with Gasteiger partial charge >= 0.3 is 11.9 Å². The maximum atomic E-state index is 12.0. The standard InChI is InChI=1S/C20H32O6Si2/c1-7-15-23-20(28(5,6)26-27(2,3)4)16-24-18(21)13-14-19(22)25-17-11-9-8-10-12-17/h8-14,20H,7,15-16H2,1-6H3. The minimum absolute atomic E-state index is 0.0978. The summed E-state index contributed by atoms with van der Waals surface area (Å²) in [4.78, 5) is 23.8. The van der Waals surface area contributed by atoms with Gasteiger partial charge in [-0.2, -0.15) is 0 Å². The average Bonchev–Trinajstić information content (AvgIpc) is 2.58. The van der Waals surface area contributed by atoms with Crippen molar-refractivity contribution < 1.29 is 27.9 Å². The Bertz CT molecular complexity index is 652. The Morgan fingerprint density at radius 2 is 1.61 bits per heavy atom. The molecule has 0 N–H and O–H groups in total. The van der Waals surface area contributed by atoms with Crippen molar-refractivity contribution >= 4 is 28.6 Å². The molecule has 0 aliphatic rings. The Labute approximate surface area is 170 Å². The lowest BCUT2D eigenvalue weighted by atomic mass is 10.3. The van der Waals surface area contributed by atoms with E-state index < -0.39 is 28.6 Å². The molecule has 1 aromatic rings. The van der Waals surface area contributed by atoms with Crippen LogP contribution in [-0.2, 0) is 23.2 Å². The second-order valence-corrected chi connectivity index (χ2v) is 16.8. The summed E-state index contributed by atoms with van der Waals surface area (Å²) in [5.41, 5.74) is -0.271. The highest BCUT2D eigenvalue weighted by atomic mass is 28.4. The molecule has 0 fully saturated rings. The first kappa shape index (κ1) is 24.3. The maximum Gasteiger partial charge on any atom is 0.336 e. The van der Waals surface area contributed by atoms with Crippen molar-refractivity contribution in [1.29, 1.82) is 0 Å². The fourth-order valence-electron chi connectivity index (χ4n) is 2.55. The molecule has 1 rings (SSSR count). The van der Waals surface area contributed by atoms with Gasteiger partial charge in [-0.3, -0.25) is 0 Å². The van der Waals surface area contributed by atoms with Crippen molar-refractivity contribution in [2.24, 2.45) is 0 Å². The molecular weight excluding hydrogens is 392 g/mol. The van der Waals surface area contributed by atoms with Gasteiger partial charge in [0.25, 0.3) is 0 Å². The topological polar surface area (TPSA) is 71.1 Å². The van der Waals surface area contributed by atoms with Crippen LogP contribution in [0.1, 0.15) is 13.3 Å². The van der Waals surface area contributed by atoms with Crippen LogP contribution in [0.5, 0.6) is 5.75 Å². The van der Waals surface area contributed by atoms with Gasteiger partial charge in [0.1, 0.15) is 18.1 Å². The molecular formula is C20H32O6Si2. The van der Waals surface area contributed by atoms with Crippen molar-refractivity contribution in [2.75, 3.05) is 13.2 Å². The summed E-state index contributed by atoms with van der Waals surface area (Å²) in [5, 5.41) is 0. The van der Waals surface area contributed by atoms with Gasteiger partial charge < -0.3 is 18.3 Å². The molecule has 8 heteroatoms. The molecule has 0 aliphatic heterocycles. The lowest BCUT2D eigenvalue weighted by Crippen LogP contribution is -2.54. The number of esters is 2.